The van der Waals surface area contributed by atoms with Crippen LogP contribution >= 0.6 is 11.8 Å². The van der Waals surface area contributed by atoms with Crippen LogP contribution in [-0.2, 0) is 4.79 Å². The van der Waals surface area contributed by atoms with Gasteiger partial charge >= 0.3 is 0 Å². The molecule has 2 N–H and O–H groups in total. The molecule has 0 unspecified atom stereocenters. The number of hydrogen-bond donors (Lipinski definition) is 2. The number of piperidine rings is 1. The number of thioether (sulfide) groups is 1. The van der Waals surface area contributed by atoms with Gasteiger partial charge in [0.1, 0.15) is 0 Å². The topological polar surface area (TPSA) is 54.0 Å². The van der Waals surface area contributed by atoms with Gasteiger partial charge in [0.2, 0.25) is 5.91 Å². The number of pyridine rings is 1. The van der Waals surface area contributed by atoms with E-state index in [1.54, 1.807) is 0 Å². The van der Waals surface area contributed by atoms with E-state index < -0.39 is 0 Å². The van der Waals surface area contributed by atoms with E-state index in [2.05, 4.69) is 15.6 Å². The highest BCUT2D eigenvalue weighted by atomic mass is 32.2. The molecule has 4 nitrogen and oxygen atoms in total. The molecule has 1 aliphatic rings. The van der Waals surface area contributed by atoms with Gasteiger partial charge in [-0.25, -0.2) is 0 Å². The summed E-state index contributed by atoms with van der Waals surface area (Å²) in [4.78, 5) is 17.5. The van der Waals surface area contributed by atoms with Crippen LogP contribution in [0, 0.1) is 0 Å². The summed E-state index contributed by atoms with van der Waals surface area (Å²) in [5, 5.41) is 6.85. The quantitative estimate of drug-likeness (QED) is 0.897. The maximum Gasteiger partial charge on any atom is 0.237 e. The minimum atomic E-state index is -0.177. The zero-order chi connectivity index (χ0) is 14.6. The van der Waals surface area contributed by atoms with Gasteiger partial charge in [0.15, 0.2) is 0 Å². The number of hydrogen-bond acceptors (Lipinski definition) is 4. The Labute approximate surface area is 125 Å². The van der Waals surface area contributed by atoms with E-state index in [4.69, 9.17) is 0 Å². The maximum atomic E-state index is 12.2. The Bertz CT molecular complexity index is 444. The standard InChI is InChI=1S/C15H23N3OS/c1-15(2,3)18-14(19)13-10-12(6-9-17-13)20-11-4-7-16-8-5-11/h4-5,7-8,12-13,17H,6,9-10H2,1-3H3,(H,18,19)/t12-,13+/m1/s1. The minimum absolute atomic E-state index is 0.0812. The van der Waals surface area contributed by atoms with E-state index in [1.807, 2.05) is 57.1 Å². The molecule has 2 atom stereocenters. The SMILES string of the molecule is CC(C)(C)NC(=O)[C@@H]1C[C@H](Sc2ccncc2)CCN1. The molecule has 5 heteroatoms. The summed E-state index contributed by atoms with van der Waals surface area (Å²) in [7, 11) is 0. The zero-order valence-corrected chi connectivity index (χ0v) is 13.2. The molecule has 0 aliphatic carbocycles. The number of carbonyl (C=O) groups is 1. The van der Waals surface area contributed by atoms with Crippen LogP contribution in [0.3, 0.4) is 0 Å². The Hall–Kier alpha value is -1.07. The summed E-state index contributed by atoms with van der Waals surface area (Å²) in [6, 6.07) is 3.97. The van der Waals surface area contributed by atoms with Crippen LogP contribution in [0.25, 0.3) is 0 Å². The first-order valence-electron chi connectivity index (χ1n) is 7.06. The molecule has 20 heavy (non-hydrogen) atoms. The van der Waals surface area contributed by atoms with Gasteiger partial charge in [0.05, 0.1) is 6.04 Å². The highest BCUT2D eigenvalue weighted by Crippen LogP contribution is 2.29. The van der Waals surface area contributed by atoms with Crippen LogP contribution in [0.1, 0.15) is 33.6 Å². The van der Waals surface area contributed by atoms with Crippen LogP contribution in [0.5, 0.6) is 0 Å². The van der Waals surface area contributed by atoms with Crippen molar-refractivity contribution in [3.63, 3.8) is 0 Å². The average molecular weight is 293 g/mol. The first-order chi connectivity index (χ1) is 9.44. The minimum Gasteiger partial charge on any atom is -0.350 e. The molecular weight excluding hydrogens is 270 g/mol. The van der Waals surface area contributed by atoms with Gasteiger partial charge in [-0.15, -0.1) is 11.8 Å². The van der Waals surface area contributed by atoms with Crippen LogP contribution in [0.2, 0.25) is 0 Å². The summed E-state index contributed by atoms with van der Waals surface area (Å²) < 4.78 is 0. The van der Waals surface area contributed by atoms with Crippen molar-refractivity contribution in [2.75, 3.05) is 6.54 Å². The lowest BCUT2D eigenvalue weighted by atomic mass is 10.0. The summed E-state index contributed by atoms with van der Waals surface area (Å²) in [6.45, 7) is 6.93. The molecule has 0 aromatic carbocycles. The number of amides is 1. The lowest BCUT2D eigenvalue weighted by Gasteiger charge is -2.31. The third-order valence-electron chi connectivity index (χ3n) is 3.12. The molecule has 0 radical (unpaired) electrons. The summed E-state index contributed by atoms with van der Waals surface area (Å²) in [6.07, 6.45) is 5.58. The molecule has 2 rings (SSSR count). The Balaban J connectivity index is 1.90. The molecule has 1 fully saturated rings. The fraction of sp³-hybridized carbons (Fsp3) is 0.600. The monoisotopic (exact) mass is 293 g/mol. The normalized spacial score (nSPS) is 23.4. The molecule has 110 valence electrons. The van der Waals surface area contributed by atoms with Crippen LogP contribution < -0.4 is 10.6 Å². The van der Waals surface area contributed by atoms with Crippen LogP contribution in [0.4, 0.5) is 0 Å². The fourth-order valence-corrected chi connectivity index (χ4v) is 3.44. The van der Waals surface area contributed by atoms with Crippen molar-refractivity contribution in [2.45, 2.75) is 55.3 Å². The number of carbonyl (C=O) groups excluding carboxylic acids is 1. The molecule has 1 aromatic heterocycles. The van der Waals surface area contributed by atoms with Crippen molar-refractivity contribution < 1.29 is 4.79 Å². The van der Waals surface area contributed by atoms with Crippen LogP contribution in [-0.4, -0.2) is 34.3 Å². The molecule has 0 saturated carbocycles. The molecule has 0 spiro atoms. The first-order valence-corrected chi connectivity index (χ1v) is 7.94. The van der Waals surface area contributed by atoms with Crippen molar-refractivity contribution >= 4 is 17.7 Å². The van der Waals surface area contributed by atoms with Gasteiger partial charge in [-0.3, -0.25) is 9.78 Å². The number of nitrogens with one attached hydrogen (secondary N) is 2. The van der Waals surface area contributed by atoms with Gasteiger partial charge < -0.3 is 10.6 Å². The van der Waals surface area contributed by atoms with E-state index in [0.29, 0.717) is 5.25 Å². The van der Waals surface area contributed by atoms with Gasteiger partial charge in [-0.2, -0.15) is 0 Å². The van der Waals surface area contributed by atoms with Crippen molar-refractivity contribution in [3.8, 4) is 0 Å². The van der Waals surface area contributed by atoms with E-state index >= 15 is 0 Å². The summed E-state index contributed by atoms with van der Waals surface area (Å²) in [5.74, 6) is 0.109. The smallest absolute Gasteiger partial charge is 0.237 e. The van der Waals surface area contributed by atoms with Crippen molar-refractivity contribution in [1.82, 2.24) is 15.6 Å². The molecule has 1 amide bonds. The van der Waals surface area contributed by atoms with Gasteiger partial charge in [-0.05, 0) is 52.3 Å². The molecule has 1 saturated heterocycles. The van der Waals surface area contributed by atoms with Crippen molar-refractivity contribution in [1.29, 1.82) is 0 Å². The van der Waals surface area contributed by atoms with E-state index in [9.17, 15) is 4.79 Å². The number of nitrogens with zero attached hydrogens (tertiary/aromatic N) is 1. The second-order valence-electron chi connectivity index (χ2n) is 6.19. The maximum absolute atomic E-state index is 12.2. The van der Waals surface area contributed by atoms with E-state index in [0.717, 1.165) is 19.4 Å². The summed E-state index contributed by atoms with van der Waals surface area (Å²) in [5.41, 5.74) is -0.177. The van der Waals surface area contributed by atoms with Gasteiger partial charge in [-0.1, -0.05) is 0 Å². The molecule has 2 heterocycles. The third kappa shape index (κ3) is 4.80. The largest absolute Gasteiger partial charge is 0.350 e. The lowest BCUT2D eigenvalue weighted by Crippen LogP contribution is -2.53. The predicted octanol–water partition coefficient (Wildman–Crippen LogP) is 2.21. The van der Waals surface area contributed by atoms with Gasteiger partial charge in [0, 0.05) is 28.1 Å². The second kappa shape index (κ2) is 6.59. The fourth-order valence-electron chi connectivity index (χ4n) is 2.26. The highest BCUT2D eigenvalue weighted by Gasteiger charge is 2.29. The molecule has 0 bridgehead atoms. The van der Waals surface area contributed by atoms with Crippen molar-refractivity contribution in [2.24, 2.45) is 0 Å². The highest BCUT2D eigenvalue weighted by molar-refractivity contribution is 8.00. The average Bonchev–Trinajstić information content (AvgIpc) is 2.38. The van der Waals surface area contributed by atoms with E-state index in [1.165, 1.54) is 4.90 Å². The number of rotatable bonds is 3. The third-order valence-corrected chi connectivity index (χ3v) is 4.43. The molecule has 1 aliphatic heterocycles. The Kier molecular flexibility index (Phi) is 5.05. The number of aromatic nitrogens is 1. The molecular formula is C15H23N3OS. The van der Waals surface area contributed by atoms with Gasteiger partial charge in [0.25, 0.3) is 0 Å². The summed E-state index contributed by atoms with van der Waals surface area (Å²) >= 11 is 1.84. The van der Waals surface area contributed by atoms with Crippen LogP contribution in [0.15, 0.2) is 29.4 Å². The zero-order valence-electron chi connectivity index (χ0n) is 12.3. The van der Waals surface area contributed by atoms with Crippen molar-refractivity contribution in [3.05, 3.63) is 24.5 Å². The Morgan fingerprint density at radius 1 is 1.40 bits per heavy atom. The first kappa shape index (κ1) is 15.3. The Morgan fingerprint density at radius 2 is 2.10 bits per heavy atom. The van der Waals surface area contributed by atoms with E-state index in [-0.39, 0.29) is 17.5 Å². The predicted molar refractivity (Wildman–Crippen MR) is 82.8 cm³/mol. The Morgan fingerprint density at radius 3 is 2.75 bits per heavy atom. The second-order valence-corrected chi connectivity index (χ2v) is 7.57. The molecule has 1 aromatic rings. The lowest BCUT2D eigenvalue weighted by molar-refractivity contribution is -0.125.